The highest BCUT2D eigenvalue weighted by Crippen LogP contribution is 2.40. The van der Waals surface area contributed by atoms with E-state index in [1.165, 1.54) is 41.5 Å². The zero-order valence-electron chi connectivity index (χ0n) is 12.3. The van der Waals surface area contributed by atoms with E-state index in [4.69, 9.17) is 0 Å². The van der Waals surface area contributed by atoms with Crippen molar-refractivity contribution in [1.29, 1.82) is 0 Å². The third-order valence-corrected chi connectivity index (χ3v) is 6.91. The minimum Gasteiger partial charge on any atom is -0.309 e. The largest absolute Gasteiger partial charge is 0.309 e. The van der Waals surface area contributed by atoms with Crippen molar-refractivity contribution in [2.24, 2.45) is 11.3 Å². The molecule has 0 amide bonds. The fraction of sp³-hybridized carbons (Fsp3) is 0.750. The van der Waals surface area contributed by atoms with Crippen LogP contribution in [0, 0.1) is 11.3 Å². The number of hydrogen-bond donors (Lipinski definition) is 1. The molecule has 1 aliphatic rings. The van der Waals surface area contributed by atoms with Gasteiger partial charge in [0.2, 0.25) is 0 Å². The van der Waals surface area contributed by atoms with Gasteiger partial charge in [-0.25, -0.2) is 0 Å². The fourth-order valence-electron chi connectivity index (χ4n) is 3.06. The quantitative estimate of drug-likeness (QED) is 0.734. The average Bonchev–Trinajstić information content (AvgIpc) is 2.82. The van der Waals surface area contributed by atoms with Gasteiger partial charge in [-0.3, -0.25) is 0 Å². The fourth-order valence-corrected chi connectivity index (χ4v) is 4.50. The number of rotatable bonds is 5. The normalized spacial score (nSPS) is 24.6. The van der Waals surface area contributed by atoms with Crippen LogP contribution in [0.3, 0.4) is 0 Å². The van der Waals surface area contributed by atoms with Crippen LogP contribution in [-0.2, 0) is 6.54 Å². The van der Waals surface area contributed by atoms with Crippen molar-refractivity contribution in [2.45, 2.75) is 65.5 Å². The highest BCUT2D eigenvalue weighted by Gasteiger charge is 2.31. The molecule has 1 heterocycles. The first-order valence-corrected chi connectivity index (χ1v) is 9.15. The van der Waals surface area contributed by atoms with Crippen molar-refractivity contribution in [3.63, 3.8) is 0 Å². The molecule has 0 saturated heterocycles. The Morgan fingerprint density at radius 3 is 2.53 bits per heavy atom. The minimum atomic E-state index is 0.530. The Morgan fingerprint density at radius 1 is 1.32 bits per heavy atom. The molecule has 0 aliphatic heterocycles. The summed E-state index contributed by atoms with van der Waals surface area (Å²) < 4.78 is 1.26. The molecule has 1 aliphatic carbocycles. The van der Waals surface area contributed by atoms with Crippen LogP contribution in [0.1, 0.15) is 57.8 Å². The maximum absolute atomic E-state index is 3.74. The van der Waals surface area contributed by atoms with Crippen molar-refractivity contribution in [2.75, 3.05) is 0 Å². The zero-order chi connectivity index (χ0) is 13.9. The van der Waals surface area contributed by atoms with Gasteiger partial charge in [0.1, 0.15) is 0 Å². The SMILES string of the molecule is CCC(C)(C)C1CCC(NCc2sccc2Br)CC1. The summed E-state index contributed by atoms with van der Waals surface area (Å²) in [5, 5.41) is 5.89. The lowest BCUT2D eigenvalue weighted by Crippen LogP contribution is -2.36. The summed E-state index contributed by atoms with van der Waals surface area (Å²) in [6, 6.07) is 2.86. The topological polar surface area (TPSA) is 12.0 Å². The van der Waals surface area contributed by atoms with E-state index in [2.05, 4.69) is 53.5 Å². The first-order valence-electron chi connectivity index (χ1n) is 7.48. The van der Waals surface area contributed by atoms with Gasteiger partial charge in [0, 0.05) is 21.9 Å². The van der Waals surface area contributed by atoms with Crippen LogP contribution >= 0.6 is 27.3 Å². The summed E-state index contributed by atoms with van der Waals surface area (Å²) in [7, 11) is 0. The van der Waals surface area contributed by atoms with Crippen LogP contribution in [0.2, 0.25) is 0 Å². The van der Waals surface area contributed by atoms with Crippen molar-refractivity contribution < 1.29 is 0 Å². The van der Waals surface area contributed by atoms with Gasteiger partial charge in [-0.1, -0.05) is 27.2 Å². The van der Waals surface area contributed by atoms with Crippen molar-refractivity contribution in [1.82, 2.24) is 5.32 Å². The number of hydrogen-bond acceptors (Lipinski definition) is 2. The Bertz CT molecular complexity index is 391. The molecule has 1 aromatic heterocycles. The molecule has 2 rings (SSSR count). The van der Waals surface area contributed by atoms with Gasteiger partial charge in [-0.2, -0.15) is 0 Å². The van der Waals surface area contributed by atoms with E-state index < -0.39 is 0 Å². The summed E-state index contributed by atoms with van der Waals surface area (Å²) in [6.07, 6.45) is 6.78. The molecule has 1 nitrogen and oxygen atoms in total. The van der Waals surface area contributed by atoms with Gasteiger partial charge in [-0.05, 0) is 64.4 Å². The highest BCUT2D eigenvalue weighted by atomic mass is 79.9. The predicted molar refractivity (Wildman–Crippen MR) is 88.7 cm³/mol. The van der Waals surface area contributed by atoms with Gasteiger partial charge in [0.25, 0.3) is 0 Å². The molecule has 1 saturated carbocycles. The van der Waals surface area contributed by atoms with Crippen LogP contribution in [0.5, 0.6) is 0 Å². The molecular formula is C16H26BrNS. The molecule has 0 aromatic carbocycles. The maximum atomic E-state index is 3.74. The van der Waals surface area contributed by atoms with Gasteiger partial charge < -0.3 is 5.32 Å². The first-order chi connectivity index (χ1) is 9.03. The van der Waals surface area contributed by atoms with E-state index in [0.717, 1.165) is 18.5 Å². The van der Waals surface area contributed by atoms with E-state index in [0.29, 0.717) is 5.41 Å². The maximum Gasteiger partial charge on any atom is 0.0327 e. The second-order valence-corrected chi connectivity index (χ2v) is 8.32. The number of thiophene rings is 1. The smallest absolute Gasteiger partial charge is 0.0327 e. The Balaban J connectivity index is 1.76. The molecule has 19 heavy (non-hydrogen) atoms. The predicted octanol–water partition coefficient (Wildman–Crippen LogP) is 5.60. The van der Waals surface area contributed by atoms with Crippen molar-refractivity contribution in [3.05, 3.63) is 20.8 Å². The van der Waals surface area contributed by atoms with E-state index in [-0.39, 0.29) is 0 Å². The van der Waals surface area contributed by atoms with Gasteiger partial charge >= 0.3 is 0 Å². The lowest BCUT2D eigenvalue weighted by molar-refractivity contribution is 0.137. The third-order valence-electron chi connectivity index (χ3n) is 4.99. The van der Waals surface area contributed by atoms with E-state index in [1.807, 2.05) is 11.3 Å². The summed E-state index contributed by atoms with van der Waals surface area (Å²) in [4.78, 5) is 1.43. The average molecular weight is 344 g/mol. The van der Waals surface area contributed by atoms with E-state index >= 15 is 0 Å². The van der Waals surface area contributed by atoms with Crippen LogP contribution in [0.25, 0.3) is 0 Å². The molecule has 1 N–H and O–H groups in total. The van der Waals surface area contributed by atoms with Crippen LogP contribution in [0.4, 0.5) is 0 Å². The van der Waals surface area contributed by atoms with Crippen molar-refractivity contribution >= 4 is 27.3 Å². The van der Waals surface area contributed by atoms with Crippen LogP contribution < -0.4 is 5.32 Å². The van der Waals surface area contributed by atoms with E-state index in [1.54, 1.807) is 0 Å². The second-order valence-electron chi connectivity index (χ2n) is 6.46. The zero-order valence-corrected chi connectivity index (χ0v) is 14.7. The number of nitrogens with one attached hydrogen (secondary N) is 1. The van der Waals surface area contributed by atoms with Gasteiger partial charge in [0.05, 0.1) is 0 Å². The summed E-state index contributed by atoms with van der Waals surface area (Å²) >= 11 is 5.44. The minimum absolute atomic E-state index is 0.530. The summed E-state index contributed by atoms with van der Waals surface area (Å²) in [6.45, 7) is 8.23. The van der Waals surface area contributed by atoms with Gasteiger partial charge in [0.15, 0.2) is 0 Å². The Hall–Kier alpha value is 0.140. The monoisotopic (exact) mass is 343 g/mol. The van der Waals surface area contributed by atoms with E-state index in [9.17, 15) is 0 Å². The molecule has 0 radical (unpaired) electrons. The lowest BCUT2D eigenvalue weighted by Gasteiger charge is -2.39. The number of halogens is 1. The van der Waals surface area contributed by atoms with Crippen LogP contribution in [0.15, 0.2) is 15.9 Å². The highest BCUT2D eigenvalue weighted by molar-refractivity contribution is 9.10. The molecule has 0 unspecified atom stereocenters. The first kappa shape index (κ1) is 15.5. The molecule has 1 aromatic rings. The van der Waals surface area contributed by atoms with Gasteiger partial charge in [-0.15, -0.1) is 11.3 Å². The second kappa shape index (κ2) is 6.73. The molecule has 3 heteroatoms. The summed E-state index contributed by atoms with van der Waals surface area (Å²) in [5.74, 6) is 0.920. The molecular weight excluding hydrogens is 318 g/mol. The van der Waals surface area contributed by atoms with Crippen LogP contribution in [-0.4, -0.2) is 6.04 Å². The Kier molecular flexibility index (Phi) is 5.50. The molecule has 108 valence electrons. The summed E-state index contributed by atoms with van der Waals surface area (Å²) in [5.41, 5.74) is 0.530. The molecule has 0 atom stereocenters. The molecule has 0 bridgehead atoms. The third kappa shape index (κ3) is 4.05. The Labute approximate surface area is 130 Å². The van der Waals surface area contributed by atoms with Crippen molar-refractivity contribution in [3.8, 4) is 0 Å². The lowest BCUT2D eigenvalue weighted by atomic mass is 9.69. The Morgan fingerprint density at radius 2 is 2.00 bits per heavy atom. The standard InChI is InChI=1S/C16H26BrNS/c1-4-16(2,3)12-5-7-13(8-6-12)18-11-15-14(17)9-10-19-15/h9-10,12-13,18H,4-8,11H2,1-3H3. The molecule has 1 fully saturated rings. The molecule has 0 spiro atoms.